The Morgan fingerprint density at radius 3 is 2.53 bits per heavy atom. The second kappa shape index (κ2) is 8.15. The van der Waals surface area contributed by atoms with Crippen LogP contribution in [0.3, 0.4) is 0 Å². The lowest BCUT2D eigenvalue weighted by Gasteiger charge is -2.25. The first-order valence-corrected chi connectivity index (χ1v) is 11.7. The van der Waals surface area contributed by atoms with E-state index in [1.807, 2.05) is 0 Å². The third-order valence-corrected chi connectivity index (χ3v) is 7.60. The molecule has 168 valence electrons. The number of rotatable bonds is 5. The molecule has 0 aromatic carbocycles. The van der Waals surface area contributed by atoms with Crippen molar-refractivity contribution in [3.8, 4) is 11.6 Å². The molecule has 0 saturated carbocycles. The summed E-state index contributed by atoms with van der Waals surface area (Å²) in [5.74, 6) is -0.345. The molecule has 0 bridgehead atoms. The van der Waals surface area contributed by atoms with Crippen LogP contribution in [0, 0.1) is 0 Å². The van der Waals surface area contributed by atoms with Crippen LogP contribution in [0.15, 0.2) is 52.7 Å². The van der Waals surface area contributed by atoms with Crippen LogP contribution >= 0.6 is 0 Å². The summed E-state index contributed by atoms with van der Waals surface area (Å²) in [6, 6.07) is 6.68. The Morgan fingerprint density at radius 2 is 1.84 bits per heavy atom. The lowest BCUT2D eigenvalue weighted by molar-refractivity contribution is -0.132. The van der Waals surface area contributed by atoms with Crippen molar-refractivity contribution in [2.75, 3.05) is 46.0 Å². The number of aliphatic hydroxyl groups is 1. The van der Waals surface area contributed by atoms with Gasteiger partial charge >= 0.3 is 0 Å². The number of carbonyl (C=O) groups is 1. The van der Waals surface area contributed by atoms with Crippen molar-refractivity contribution in [1.29, 1.82) is 0 Å². The van der Waals surface area contributed by atoms with Gasteiger partial charge in [0.05, 0.1) is 18.5 Å². The van der Waals surface area contributed by atoms with E-state index in [0.29, 0.717) is 37.7 Å². The summed E-state index contributed by atoms with van der Waals surface area (Å²) in [5, 5.41) is 9.76. The van der Waals surface area contributed by atoms with Gasteiger partial charge in [0.15, 0.2) is 5.75 Å². The summed E-state index contributed by atoms with van der Waals surface area (Å²) >= 11 is 0. The van der Waals surface area contributed by atoms with Gasteiger partial charge in [-0.2, -0.15) is 4.31 Å². The predicted octanol–water partition coefficient (Wildman–Crippen LogP) is 0.167. The van der Waals surface area contributed by atoms with E-state index < -0.39 is 15.9 Å². The molecule has 1 amide bonds. The lowest BCUT2D eigenvalue weighted by Crippen LogP contribution is -2.39. The molecule has 0 fully saturated rings. The third kappa shape index (κ3) is 3.61. The highest BCUT2D eigenvalue weighted by Crippen LogP contribution is 2.34. The monoisotopic (exact) mass is 458 g/mol. The highest BCUT2D eigenvalue weighted by Gasteiger charge is 2.39. The molecule has 1 N–H and O–H groups in total. The van der Waals surface area contributed by atoms with Crippen molar-refractivity contribution < 1.29 is 27.8 Å². The molecule has 32 heavy (non-hydrogen) atoms. The first kappa shape index (κ1) is 20.9. The van der Waals surface area contributed by atoms with E-state index in [0.717, 1.165) is 11.1 Å². The molecule has 2 aromatic heterocycles. The van der Waals surface area contributed by atoms with E-state index in [2.05, 4.69) is 9.97 Å². The number of pyridine rings is 2. The Morgan fingerprint density at radius 1 is 1.09 bits per heavy atom. The molecule has 3 aliphatic heterocycles. The molecule has 5 rings (SSSR count). The maximum atomic E-state index is 13.1. The maximum absolute atomic E-state index is 13.1. The molecule has 3 aliphatic rings. The predicted molar refractivity (Wildman–Crippen MR) is 112 cm³/mol. The molecule has 5 heterocycles. The molecule has 0 saturated heterocycles. The minimum atomic E-state index is -3.78. The summed E-state index contributed by atoms with van der Waals surface area (Å²) in [4.78, 5) is 22.9. The number of aliphatic hydroxyl groups excluding tert-OH is 1. The molecule has 0 spiro atoms. The topological polar surface area (TPSA) is 122 Å². The van der Waals surface area contributed by atoms with Gasteiger partial charge < -0.3 is 19.5 Å². The van der Waals surface area contributed by atoms with Crippen molar-refractivity contribution in [3.05, 3.63) is 53.5 Å². The highest BCUT2D eigenvalue weighted by atomic mass is 32.2. The number of hydrogen-bond donors (Lipinski definition) is 1. The Kier molecular flexibility index (Phi) is 5.31. The Balaban J connectivity index is 1.27. The quantitative estimate of drug-likeness (QED) is 0.629. The average molecular weight is 458 g/mol. The third-order valence-electron chi connectivity index (χ3n) is 5.85. The van der Waals surface area contributed by atoms with Crippen LogP contribution in [0.5, 0.6) is 11.6 Å². The second-order valence-corrected chi connectivity index (χ2v) is 9.77. The van der Waals surface area contributed by atoms with E-state index in [1.165, 1.54) is 16.6 Å². The molecular weight excluding hydrogens is 436 g/mol. The SMILES string of the molecule is O=C([C@@H](CO)c1ccccn1)N1CC2=C(C1)CN(S(=O)(=O)c1cnc3c(c1)OCCO3)C2. The Bertz CT molecular complexity index is 1170. The summed E-state index contributed by atoms with van der Waals surface area (Å²) in [6.45, 7) is 1.48. The van der Waals surface area contributed by atoms with Gasteiger partial charge in [-0.1, -0.05) is 6.07 Å². The Labute approximate surface area is 185 Å². The largest absolute Gasteiger partial charge is 0.484 e. The second-order valence-electron chi connectivity index (χ2n) is 7.84. The number of ether oxygens (including phenoxy) is 2. The average Bonchev–Trinajstić information content (AvgIpc) is 3.40. The first-order valence-electron chi connectivity index (χ1n) is 10.2. The first-order chi connectivity index (χ1) is 15.5. The van der Waals surface area contributed by atoms with Gasteiger partial charge in [0.1, 0.15) is 24.0 Å². The van der Waals surface area contributed by atoms with Gasteiger partial charge in [-0.3, -0.25) is 9.78 Å². The molecule has 2 aromatic rings. The number of carbonyl (C=O) groups excluding carboxylic acids is 1. The van der Waals surface area contributed by atoms with Crippen molar-refractivity contribution in [3.63, 3.8) is 0 Å². The minimum Gasteiger partial charge on any atom is -0.484 e. The zero-order chi connectivity index (χ0) is 22.3. The van der Waals surface area contributed by atoms with Crippen molar-refractivity contribution >= 4 is 15.9 Å². The van der Waals surface area contributed by atoms with E-state index in [1.54, 1.807) is 29.3 Å². The van der Waals surface area contributed by atoms with Gasteiger partial charge in [0, 0.05) is 38.4 Å². The van der Waals surface area contributed by atoms with Gasteiger partial charge in [0.25, 0.3) is 5.88 Å². The zero-order valence-corrected chi connectivity index (χ0v) is 18.0. The van der Waals surface area contributed by atoms with E-state index in [4.69, 9.17) is 9.47 Å². The lowest BCUT2D eigenvalue weighted by atomic mass is 10.0. The number of fused-ring (bicyclic) bond motifs is 1. The van der Waals surface area contributed by atoms with Gasteiger partial charge in [-0.15, -0.1) is 0 Å². The molecule has 11 heteroatoms. The summed E-state index contributed by atoms with van der Waals surface area (Å²) in [6.07, 6.45) is 2.86. The fourth-order valence-corrected chi connectivity index (χ4v) is 5.57. The molecule has 1 atom stereocenters. The van der Waals surface area contributed by atoms with Crippen molar-refractivity contribution in [1.82, 2.24) is 19.2 Å². The highest BCUT2D eigenvalue weighted by molar-refractivity contribution is 7.89. The van der Waals surface area contributed by atoms with Crippen LogP contribution in [-0.4, -0.2) is 84.6 Å². The smallest absolute Gasteiger partial charge is 0.257 e. The number of amides is 1. The van der Waals surface area contributed by atoms with Gasteiger partial charge in [0.2, 0.25) is 15.9 Å². The molecule has 0 radical (unpaired) electrons. The number of nitrogens with zero attached hydrogens (tertiary/aromatic N) is 4. The number of hydrogen-bond acceptors (Lipinski definition) is 8. The molecule has 0 unspecified atom stereocenters. The normalized spacial score (nSPS) is 19.2. The summed E-state index contributed by atoms with van der Waals surface area (Å²) in [7, 11) is -3.78. The van der Waals surface area contributed by atoms with Crippen molar-refractivity contribution in [2.24, 2.45) is 0 Å². The van der Waals surface area contributed by atoms with Crippen LogP contribution < -0.4 is 9.47 Å². The van der Waals surface area contributed by atoms with Crippen LogP contribution in [0.4, 0.5) is 0 Å². The number of sulfonamides is 1. The minimum absolute atomic E-state index is 0.0475. The number of aromatic nitrogens is 2. The van der Waals surface area contributed by atoms with Gasteiger partial charge in [-0.05, 0) is 23.3 Å². The Hall–Kier alpha value is -3.02. The van der Waals surface area contributed by atoms with Gasteiger partial charge in [-0.25, -0.2) is 13.4 Å². The van der Waals surface area contributed by atoms with Crippen LogP contribution in [0.1, 0.15) is 11.6 Å². The van der Waals surface area contributed by atoms with E-state index >= 15 is 0 Å². The zero-order valence-electron chi connectivity index (χ0n) is 17.2. The van der Waals surface area contributed by atoms with E-state index in [9.17, 15) is 18.3 Å². The maximum Gasteiger partial charge on any atom is 0.257 e. The summed E-state index contributed by atoms with van der Waals surface area (Å²) in [5.41, 5.74) is 2.33. The molecule has 10 nitrogen and oxygen atoms in total. The molecular formula is C21H22N4O6S. The van der Waals surface area contributed by atoms with Crippen LogP contribution in [-0.2, 0) is 14.8 Å². The standard InChI is InChI=1S/C21H22N4O6S/c26-13-17(18-3-1-2-4-22-18)21(27)24-9-14-11-25(12-15(14)10-24)32(28,29)16-7-19-20(23-8-16)31-6-5-30-19/h1-4,7-8,17,26H,5-6,9-13H2/t17-/m0/s1. The summed E-state index contributed by atoms with van der Waals surface area (Å²) < 4.78 is 38.5. The van der Waals surface area contributed by atoms with E-state index in [-0.39, 0.29) is 36.4 Å². The van der Waals surface area contributed by atoms with Crippen LogP contribution in [0.25, 0.3) is 0 Å². The molecule has 0 aliphatic carbocycles. The fourth-order valence-electron chi connectivity index (χ4n) is 4.18. The van der Waals surface area contributed by atoms with Crippen LogP contribution in [0.2, 0.25) is 0 Å². The fraction of sp³-hybridized carbons (Fsp3) is 0.381. The van der Waals surface area contributed by atoms with Crippen molar-refractivity contribution in [2.45, 2.75) is 10.8 Å².